The summed E-state index contributed by atoms with van der Waals surface area (Å²) in [6.07, 6.45) is -2.56. The van der Waals surface area contributed by atoms with Crippen molar-refractivity contribution in [3.63, 3.8) is 0 Å². The van der Waals surface area contributed by atoms with Crippen LogP contribution in [0.25, 0.3) is 0 Å². The molecule has 33 heavy (non-hydrogen) atoms. The predicted octanol–water partition coefficient (Wildman–Crippen LogP) is 1.69. The van der Waals surface area contributed by atoms with Gasteiger partial charge in [0.2, 0.25) is 0 Å². The van der Waals surface area contributed by atoms with Crippen molar-refractivity contribution >= 4 is 0 Å². The van der Waals surface area contributed by atoms with E-state index in [0.717, 1.165) is 5.56 Å². The van der Waals surface area contributed by atoms with Crippen molar-refractivity contribution in [1.29, 1.82) is 0 Å². The molecule has 0 unspecified atom stereocenters. The topological polar surface area (TPSA) is 123 Å². The molecule has 0 radical (unpaired) electrons. The second-order valence-corrected chi connectivity index (χ2v) is 9.14. The number of hydrogen-bond donors (Lipinski definition) is 5. The van der Waals surface area contributed by atoms with E-state index < -0.39 is 29.8 Å². The predicted molar refractivity (Wildman–Crippen MR) is 119 cm³/mol. The number of phenolic OH excluding ortho intramolecular Hbond substituents is 2. The van der Waals surface area contributed by atoms with Crippen LogP contribution in [0.15, 0.2) is 47.7 Å². The highest BCUT2D eigenvalue weighted by Gasteiger charge is 2.60. The van der Waals surface area contributed by atoms with E-state index in [2.05, 4.69) is 4.90 Å². The van der Waals surface area contributed by atoms with E-state index in [1.165, 1.54) is 14.2 Å². The highest BCUT2D eigenvalue weighted by atomic mass is 16.5. The number of hydrogen-bond acceptors (Lipinski definition) is 8. The molecule has 0 amide bonds. The first-order valence-electron chi connectivity index (χ1n) is 11.1. The van der Waals surface area contributed by atoms with Gasteiger partial charge in [0, 0.05) is 29.6 Å². The molecule has 5 rings (SSSR count). The second kappa shape index (κ2) is 7.92. The number of benzene rings is 2. The van der Waals surface area contributed by atoms with E-state index in [1.807, 2.05) is 12.1 Å². The molecule has 5 atom stereocenters. The molecule has 2 aliphatic carbocycles. The summed E-state index contributed by atoms with van der Waals surface area (Å²) >= 11 is 0. The third kappa shape index (κ3) is 3.13. The lowest BCUT2D eigenvalue weighted by Gasteiger charge is -2.58. The van der Waals surface area contributed by atoms with Gasteiger partial charge < -0.3 is 35.0 Å². The van der Waals surface area contributed by atoms with Crippen molar-refractivity contribution in [3.8, 4) is 17.2 Å². The van der Waals surface area contributed by atoms with Gasteiger partial charge in [0.1, 0.15) is 17.6 Å². The Balaban J connectivity index is 1.72. The molecule has 8 nitrogen and oxygen atoms in total. The number of aliphatic hydroxyl groups excluding tert-OH is 3. The third-order valence-corrected chi connectivity index (χ3v) is 7.52. The molecule has 2 aromatic carbocycles. The summed E-state index contributed by atoms with van der Waals surface area (Å²) in [5.41, 5.74) is 1.96. The van der Waals surface area contributed by atoms with Gasteiger partial charge in [-0.2, -0.15) is 0 Å². The van der Waals surface area contributed by atoms with E-state index in [0.29, 0.717) is 42.0 Å². The van der Waals surface area contributed by atoms with Gasteiger partial charge in [0.25, 0.3) is 0 Å². The summed E-state index contributed by atoms with van der Waals surface area (Å²) in [4.78, 5) is 2.12. The number of methoxy groups -OCH3 is 2. The van der Waals surface area contributed by atoms with Gasteiger partial charge in [-0.15, -0.1) is 0 Å². The fourth-order valence-corrected chi connectivity index (χ4v) is 6.11. The first kappa shape index (κ1) is 22.0. The van der Waals surface area contributed by atoms with Crippen LogP contribution in [-0.4, -0.2) is 69.4 Å². The lowest BCUT2D eigenvalue weighted by atomic mass is 9.54. The average molecular weight is 456 g/mol. The molecular weight excluding hydrogens is 426 g/mol. The molecule has 0 aromatic heterocycles. The average Bonchev–Trinajstić information content (AvgIpc) is 2.80. The summed E-state index contributed by atoms with van der Waals surface area (Å²) in [6, 6.07) is 9.79. The minimum absolute atomic E-state index is 0.0592. The van der Waals surface area contributed by atoms with Crippen LogP contribution in [0.5, 0.6) is 17.2 Å². The van der Waals surface area contributed by atoms with Gasteiger partial charge >= 0.3 is 0 Å². The number of phenols is 2. The lowest BCUT2D eigenvalue weighted by molar-refractivity contribution is -0.0536. The van der Waals surface area contributed by atoms with Gasteiger partial charge in [0.05, 0.1) is 32.5 Å². The number of aliphatic hydroxyl groups is 3. The zero-order valence-corrected chi connectivity index (χ0v) is 18.6. The maximum Gasteiger partial charge on any atom is 0.162 e. The van der Waals surface area contributed by atoms with Crippen LogP contribution in [0.4, 0.5) is 0 Å². The van der Waals surface area contributed by atoms with Crippen molar-refractivity contribution in [2.24, 2.45) is 0 Å². The normalized spacial score (nSPS) is 31.1. The van der Waals surface area contributed by atoms with Gasteiger partial charge in [-0.05, 0) is 42.2 Å². The van der Waals surface area contributed by atoms with Crippen LogP contribution in [0, 0.1) is 0 Å². The minimum Gasteiger partial charge on any atom is -0.508 e. The highest BCUT2D eigenvalue weighted by Crippen LogP contribution is 2.61. The molecule has 1 saturated heterocycles. The monoisotopic (exact) mass is 455 g/mol. The molecule has 176 valence electrons. The van der Waals surface area contributed by atoms with Crippen molar-refractivity contribution in [2.75, 3.05) is 20.8 Å². The number of fused-ring (bicyclic) bond motifs is 1. The van der Waals surface area contributed by atoms with Gasteiger partial charge in [0.15, 0.2) is 11.5 Å². The number of likely N-dealkylation sites (tertiary alicyclic amines) is 1. The van der Waals surface area contributed by atoms with Crippen LogP contribution in [0.2, 0.25) is 0 Å². The fraction of sp³-hybridized carbons (Fsp3) is 0.440. The van der Waals surface area contributed by atoms with Crippen molar-refractivity contribution < 1.29 is 35.0 Å². The van der Waals surface area contributed by atoms with Gasteiger partial charge in [-0.1, -0.05) is 18.2 Å². The van der Waals surface area contributed by atoms with Crippen LogP contribution in [-0.2, 0) is 16.7 Å². The first-order valence-corrected chi connectivity index (χ1v) is 11.1. The smallest absolute Gasteiger partial charge is 0.162 e. The molecule has 2 bridgehead atoms. The Kier molecular flexibility index (Phi) is 5.29. The Hall–Kier alpha value is -2.78. The molecule has 5 N–H and O–H groups in total. The first-order chi connectivity index (χ1) is 15.8. The van der Waals surface area contributed by atoms with E-state index in [1.54, 1.807) is 24.3 Å². The molecule has 8 heteroatoms. The van der Waals surface area contributed by atoms with Crippen LogP contribution < -0.4 is 4.74 Å². The highest BCUT2D eigenvalue weighted by molar-refractivity contribution is 5.63. The Morgan fingerprint density at radius 3 is 2.36 bits per heavy atom. The number of ether oxygens (including phenoxy) is 2. The zero-order chi connectivity index (χ0) is 23.5. The largest absolute Gasteiger partial charge is 0.508 e. The van der Waals surface area contributed by atoms with E-state index >= 15 is 0 Å². The maximum absolute atomic E-state index is 11.6. The molecule has 1 heterocycles. The Labute approximate surface area is 191 Å². The maximum atomic E-state index is 11.6. The fourth-order valence-electron chi connectivity index (χ4n) is 6.11. The Morgan fingerprint density at radius 2 is 1.70 bits per heavy atom. The summed E-state index contributed by atoms with van der Waals surface area (Å²) in [5.74, 6) is 0.651. The van der Waals surface area contributed by atoms with E-state index in [4.69, 9.17) is 9.47 Å². The molecule has 3 aliphatic rings. The summed E-state index contributed by atoms with van der Waals surface area (Å²) in [7, 11) is 2.92. The van der Waals surface area contributed by atoms with Crippen molar-refractivity contribution in [2.45, 2.75) is 49.2 Å². The van der Waals surface area contributed by atoms with E-state index in [9.17, 15) is 25.5 Å². The van der Waals surface area contributed by atoms with Crippen LogP contribution >= 0.6 is 0 Å². The van der Waals surface area contributed by atoms with Crippen molar-refractivity contribution in [3.05, 3.63) is 64.4 Å². The van der Waals surface area contributed by atoms with E-state index in [-0.39, 0.29) is 23.7 Å². The molecule has 0 saturated carbocycles. The molecular formula is C25H29NO7. The summed E-state index contributed by atoms with van der Waals surface area (Å²) < 4.78 is 11.0. The van der Waals surface area contributed by atoms with Crippen LogP contribution in [0.3, 0.4) is 0 Å². The molecule has 1 fully saturated rings. The number of rotatable bonds is 4. The van der Waals surface area contributed by atoms with Gasteiger partial charge in [-0.25, -0.2) is 0 Å². The standard InChI is InChI=1S/C25H29NO7/c1-32-17-8-7-15-18(23(17)31)25-9-10-26(12-13-3-5-14(27)6-4-13)20(21(15)29)19(25)24(33-2)22(30)16(28)11-25/h3-8,16,20-22,27-31H,9-12H2,1-2H3/t16-,20+,21+,22-,25-/m0/s1. The molecule has 2 aromatic rings. The summed E-state index contributed by atoms with van der Waals surface area (Å²) in [6.45, 7) is 1.09. The lowest BCUT2D eigenvalue weighted by Crippen LogP contribution is -2.61. The Morgan fingerprint density at radius 1 is 0.970 bits per heavy atom. The quantitative estimate of drug-likeness (QED) is 0.472. The SMILES string of the molecule is COC1=C2[C@@H]3[C@H](O)c4ccc(OC)c(O)c4[C@]2(CCN3Cc2ccc(O)cc2)C[C@H](O)[C@@H]1O. The number of aromatic hydroxyl groups is 2. The second-order valence-electron chi connectivity index (χ2n) is 9.14. The Bertz CT molecular complexity index is 1100. The van der Waals surface area contributed by atoms with Crippen LogP contribution in [0.1, 0.15) is 35.6 Å². The molecule has 1 aliphatic heterocycles. The number of piperidine rings is 1. The minimum atomic E-state index is -1.23. The third-order valence-electron chi connectivity index (χ3n) is 7.52. The molecule has 0 spiro atoms. The number of nitrogens with zero attached hydrogens (tertiary/aromatic N) is 1. The summed E-state index contributed by atoms with van der Waals surface area (Å²) in [5, 5.41) is 54.0. The zero-order valence-electron chi connectivity index (χ0n) is 18.6. The van der Waals surface area contributed by atoms with Crippen molar-refractivity contribution in [1.82, 2.24) is 4.90 Å². The van der Waals surface area contributed by atoms with Gasteiger partial charge in [-0.3, -0.25) is 4.90 Å².